The number of nitrogens with zero attached hydrogens (tertiary/aromatic N) is 2. The first-order valence-electron chi connectivity index (χ1n) is 11.0. The first-order valence-corrected chi connectivity index (χ1v) is 11.4. The average Bonchev–Trinajstić information content (AvgIpc) is 3.52. The van der Waals surface area contributed by atoms with Crippen LogP contribution in [-0.2, 0) is 11.3 Å². The Kier molecular flexibility index (Phi) is 5.13. The molecule has 1 N–H and O–H groups in total. The van der Waals surface area contributed by atoms with Crippen molar-refractivity contribution in [3.8, 4) is 11.5 Å². The van der Waals surface area contributed by atoms with Crippen molar-refractivity contribution in [3.63, 3.8) is 0 Å². The van der Waals surface area contributed by atoms with Gasteiger partial charge >= 0.3 is 0 Å². The highest BCUT2D eigenvalue weighted by Crippen LogP contribution is 2.38. The van der Waals surface area contributed by atoms with Crippen LogP contribution in [0.25, 0.3) is 11.5 Å². The second-order valence-corrected chi connectivity index (χ2v) is 9.38. The normalized spacial score (nSPS) is 21.1. The van der Waals surface area contributed by atoms with Crippen LogP contribution in [0.1, 0.15) is 48.7 Å². The standard InChI is InChI=1S/C25H26ClN3O3/c1-16-9-10-18(14-19(16)26)29-23(30)21-12-11-20(22-8-5-13-32-22)28(21)15-25(29,2)24(31)27-17-6-3-4-7-17/h5,8-14,17H,3-4,6-7,15H2,1-2H3,(H,27,31)/t25-/m1/s1. The van der Waals surface area contributed by atoms with E-state index in [9.17, 15) is 9.59 Å². The maximum absolute atomic E-state index is 13.8. The summed E-state index contributed by atoms with van der Waals surface area (Å²) in [7, 11) is 0. The van der Waals surface area contributed by atoms with Gasteiger partial charge in [0.15, 0.2) is 0 Å². The van der Waals surface area contributed by atoms with Crippen LogP contribution in [0.5, 0.6) is 0 Å². The molecule has 2 aromatic heterocycles. The van der Waals surface area contributed by atoms with Crippen LogP contribution < -0.4 is 10.2 Å². The molecule has 0 radical (unpaired) electrons. The minimum Gasteiger partial charge on any atom is -0.463 e. The number of furan rings is 1. The first kappa shape index (κ1) is 20.9. The molecule has 1 aliphatic heterocycles. The Labute approximate surface area is 192 Å². The van der Waals surface area contributed by atoms with Gasteiger partial charge in [-0.1, -0.05) is 30.5 Å². The topological polar surface area (TPSA) is 67.5 Å². The van der Waals surface area contributed by atoms with Crippen LogP contribution in [0, 0.1) is 6.92 Å². The Hall–Kier alpha value is -2.99. The molecule has 1 aliphatic carbocycles. The quantitative estimate of drug-likeness (QED) is 0.593. The maximum atomic E-state index is 13.8. The molecule has 5 rings (SSSR count). The molecular formula is C25H26ClN3O3. The fraction of sp³-hybridized carbons (Fsp3) is 0.360. The summed E-state index contributed by atoms with van der Waals surface area (Å²) in [6.45, 7) is 4.05. The summed E-state index contributed by atoms with van der Waals surface area (Å²) < 4.78 is 7.48. The van der Waals surface area contributed by atoms with Crippen molar-refractivity contribution in [2.24, 2.45) is 0 Å². The van der Waals surface area contributed by atoms with E-state index in [2.05, 4.69) is 5.32 Å². The van der Waals surface area contributed by atoms with Crippen molar-refractivity contribution in [1.29, 1.82) is 0 Å². The average molecular weight is 452 g/mol. The number of amides is 2. The summed E-state index contributed by atoms with van der Waals surface area (Å²) in [6.07, 6.45) is 5.77. The van der Waals surface area contributed by atoms with Gasteiger partial charge in [-0.3, -0.25) is 14.5 Å². The molecule has 1 saturated carbocycles. The fourth-order valence-electron chi connectivity index (χ4n) is 4.89. The Balaban J connectivity index is 1.62. The number of benzene rings is 1. The summed E-state index contributed by atoms with van der Waals surface area (Å²) in [5.41, 5.74) is 1.69. The van der Waals surface area contributed by atoms with Gasteiger partial charge in [0.2, 0.25) is 5.91 Å². The monoisotopic (exact) mass is 451 g/mol. The minimum atomic E-state index is -1.13. The molecule has 2 amide bonds. The zero-order valence-electron chi connectivity index (χ0n) is 18.2. The van der Waals surface area contributed by atoms with E-state index in [0.717, 1.165) is 36.9 Å². The summed E-state index contributed by atoms with van der Waals surface area (Å²) in [6, 6.07) is 13.0. The second kappa shape index (κ2) is 7.85. The molecule has 1 aromatic carbocycles. The van der Waals surface area contributed by atoms with E-state index in [0.29, 0.717) is 28.7 Å². The van der Waals surface area contributed by atoms with Gasteiger partial charge < -0.3 is 14.3 Å². The molecule has 0 spiro atoms. The number of aryl methyl sites for hydroxylation is 1. The number of anilines is 1. The predicted molar refractivity (Wildman–Crippen MR) is 124 cm³/mol. The van der Waals surface area contributed by atoms with E-state index in [1.54, 1.807) is 23.3 Å². The molecule has 0 saturated heterocycles. The highest BCUT2D eigenvalue weighted by Gasteiger charge is 2.49. The molecule has 1 fully saturated rings. The van der Waals surface area contributed by atoms with Crippen molar-refractivity contribution >= 4 is 29.1 Å². The van der Waals surface area contributed by atoms with E-state index in [4.69, 9.17) is 16.0 Å². The lowest BCUT2D eigenvalue weighted by Crippen LogP contribution is -2.65. The van der Waals surface area contributed by atoms with Gasteiger partial charge in [0.05, 0.1) is 18.5 Å². The molecule has 2 aliphatic rings. The lowest BCUT2D eigenvalue weighted by atomic mass is 9.93. The third kappa shape index (κ3) is 3.34. The molecule has 7 heteroatoms. The Morgan fingerprint density at radius 3 is 2.59 bits per heavy atom. The van der Waals surface area contributed by atoms with Crippen LogP contribution in [-0.4, -0.2) is 28.0 Å². The molecule has 0 bridgehead atoms. The first-order chi connectivity index (χ1) is 15.4. The molecule has 0 unspecified atom stereocenters. The van der Waals surface area contributed by atoms with Gasteiger partial charge in [-0.15, -0.1) is 0 Å². The second-order valence-electron chi connectivity index (χ2n) is 8.97. The van der Waals surface area contributed by atoms with Crippen molar-refractivity contribution in [2.75, 3.05) is 4.90 Å². The summed E-state index contributed by atoms with van der Waals surface area (Å²) in [5, 5.41) is 3.77. The van der Waals surface area contributed by atoms with Crippen LogP contribution in [0.2, 0.25) is 5.02 Å². The van der Waals surface area contributed by atoms with Gasteiger partial charge in [-0.2, -0.15) is 0 Å². The predicted octanol–water partition coefficient (Wildman–Crippen LogP) is 5.19. The lowest BCUT2D eigenvalue weighted by molar-refractivity contribution is -0.127. The van der Waals surface area contributed by atoms with Crippen molar-refractivity contribution < 1.29 is 14.0 Å². The van der Waals surface area contributed by atoms with Crippen molar-refractivity contribution in [1.82, 2.24) is 9.88 Å². The van der Waals surface area contributed by atoms with E-state index >= 15 is 0 Å². The van der Waals surface area contributed by atoms with Crippen LogP contribution in [0.3, 0.4) is 0 Å². The van der Waals surface area contributed by atoms with E-state index in [1.807, 2.05) is 48.7 Å². The number of hydrogen-bond donors (Lipinski definition) is 1. The summed E-state index contributed by atoms with van der Waals surface area (Å²) in [5.74, 6) is 0.270. The van der Waals surface area contributed by atoms with Gasteiger partial charge in [0.1, 0.15) is 17.0 Å². The number of carbonyl (C=O) groups excluding carboxylic acids is 2. The summed E-state index contributed by atoms with van der Waals surface area (Å²) in [4.78, 5) is 29.1. The van der Waals surface area contributed by atoms with E-state index < -0.39 is 5.54 Å². The Morgan fingerprint density at radius 2 is 1.91 bits per heavy atom. The van der Waals surface area contributed by atoms with Gasteiger partial charge in [0.25, 0.3) is 5.91 Å². The van der Waals surface area contributed by atoms with Crippen molar-refractivity contribution in [2.45, 2.75) is 57.7 Å². The largest absolute Gasteiger partial charge is 0.463 e. The number of nitrogens with one attached hydrogen (secondary N) is 1. The highest BCUT2D eigenvalue weighted by atomic mass is 35.5. The molecule has 1 atom stereocenters. The minimum absolute atomic E-state index is 0.147. The highest BCUT2D eigenvalue weighted by molar-refractivity contribution is 6.31. The lowest BCUT2D eigenvalue weighted by Gasteiger charge is -2.44. The van der Waals surface area contributed by atoms with Crippen LogP contribution >= 0.6 is 11.6 Å². The Bertz CT molecular complexity index is 1180. The molecule has 32 heavy (non-hydrogen) atoms. The van der Waals surface area contributed by atoms with Gasteiger partial charge in [-0.25, -0.2) is 0 Å². The molecule has 3 heterocycles. The molecular weight excluding hydrogens is 426 g/mol. The zero-order chi connectivity index (χ0) is 22.5. The molecule has 6 nitrogen and oxygen atoms in total. The van der Waals surface area contributed by atoms with Crippen molar-refractivity contribution in [3.05, 3.63) is 65.0 Å². The zero-order valence-corrected chi connectivity index (χ0v) is 19.0. The number of fused-ring (bicyclic) bond motifs is 1. The van der Waals surface area contributed by atoms with Gasteiger partial charge in [0, 0.05) is 16.8 Å². The molecule has 166 valence electrons. The number of carbonyl (C=O) groups is 2. The van der Waals surface area contributed by atoms with Gasteiger partial charge in [-0.05, 0) is 68.7 Å². The third-order valence-corrected chi connectivity index (χ3v) is 7.14. The fourth-order valence-corrected chi connectivity index (χ4v) is 5.06. The number of halogens is 1. The SMILES string of the molecule is Cc1ccc(N2C(=O)c3ccc(-c4ccco4)n3C[C@]2(C)C(=O)NC2CCCC2)cc1Cl. The third-order valence-electron chi connectivity index (χ3n) is 6.73. The molecule has 3 aromatic rings. The smallest absolute Gasteiger partial charge is 0.275 e. The van der Waals surface area contributed by atoms with E-state index in [1.165, 1.54) is 0 Å². The van der Waals surface area contributed by atoms with Crippen LogP contribution in [0.4, 0.5) is 5.69 Å². The summed E-state index contributed by atoms with van der Waals surface area (Å²) >= 11 is 6.41. The van der Waals surface area contributed by atoms with E-state index in [-0.39, 0.29) is 17.9 Å². The number of hydrogen-bond acceptors (Lipinski definition) is 3. The number of aromatic nitrogens is 1. The maximum Gasteiger partial charge on any atom is 0.275 e. The number of rotatable bonds is 4. The van der Waals surface area contributed by atoms with Crippen LogP contribution in [0.15, 0.2) is 53.1 Å². The Morgan fingerprint density at radius 1 is 1.16 bits per heavy atom.